The fourth-order valence-corrected chi connectivity index (χ4v) is 3.43. The Morgan fingerprint density at radius 1 is 1.27 bits per heavy atom. The zero-order valence-corrected chi connectivity index (χ0v) is 16.1. The number of hydrogen-bond acceptors (Lipinski definition) is 7. The maximum atomic E-state index is 11.8. The first-order chi connectivity index (χ1) is 12.3. The Morgan fingerprint density at radius 3 is 2.54 bits per heavy atom. The molecule has 0 spiro atoms. The number of anilines is 2. The van der Waals surface area contributed by atoms with Crippen molar-refractivity contribution >= 4 is 17.7 Å². The van der Waals surface area contributed by atoms with Gasteiger partial charge in [0.05, 0.1) is 18.6 Å². The minimum Gasteiger partial charge on any atom is -0.481 e. The molecule has 0 aliphatic carbocycles. The topological polar surface area (TPSA) is 82.0 Å². The van der Waals surface area contributed by atoms with Gasteiger partial charge in [-0.3, -0.25) is 4.79 Å². The lowest BCUT2D eigenvalue weighted by Crippen LogP contribution is -2.40. The highest BCUT2D eigenvalue weighted by molar-refractivity contribution is 5.82. The van der Waals surface area contributed by atoms with Crippen molar-refractivity contribution in [2.24, 2.45) is 0 Å². The number of aliphatic carboxylic acids is 1. The third-order valence-electron chi connectivity index (χ3n) is 5.45. The third-order valence-corrected chi connectivity index (χ3v) is 5.45. The van der Waals surface area contributed by atoms with Gasteiger partial charge in [0.1, 0.15) is 5.82 Å². The van der Waals surface area contributed by atoms with Gasteiger partial charge in [0.2, 0.25) is 5.95 Å². The second kappa shape index (κ2) is 7.36. The summed E-state index contributed by atoms with van der Waals surface area (Å²) in [7, 11) is 4.18. The molecule has 26 heavy (non-hydrogen) atoms. The fraction of sp³-hybridized carbons (Fsp3) is 0.722. The summed E-state index contributed by atoms with van der Waals surface area (Å²) in [6.45, 7) is 7.87. The van der Waals surface area contributed by atoms with Gasteiger partial charge < -0.3 is 24.5 Å². The predicted molar refractivity (Wildman–Crippen MR) is 100 cm³/mol. The Balaban J connectivity index is 1.95. The van der Waals surface area contributed by atoms with E-state index >= 15 is 0 Å². The van der Waals surface area contributed by atoms with Crippen LogP contribution in [-0.2, 0) is 14.9 Å². The first kappa shape index (κ1) is 18.8. The van der Waals surface area contributed by atoms with Crippen LogP contribution in [0, 0.1) is 0 Å². The first-order valence-electron chi connectivity index (χ1n) is 9.15. The number of hydrogen-bond donors (Lipinski definition) is 1. The number of carboxylic acids is 1. The van der Waals surface area contributed by atoms with E-state index in [0.717, 1.165) is 25.3 Å². The Labute approximate surface area is 154 Å². The summed E-state index contributed by atoms with van der Waals surface area (Å²) in [6.07, 6.45) is 2.77. The number of carboxylic acid groups (broad SMARTS) is 1. The van der Waals surface area contributed by atoms with Crippen LogP contribution in [0.5, 0.6) is 0 Å². The molecule has 0 aromatic carbocycles. The molecule has 0 amide bonds. The Morgan fingerprint density at radius 2 is 1.96 bits per heavy atom. The van der Waals surface area contributed by atoms with Crippen molar-refractivity contribution in [2.45, 2.75) is 31.7 Å². The molecule has 1 aromatic heterocycles. The first-order valence-corrected chi connectivity index (χ1v) is 9.15. The van der Waals surface area contributed by atoms with E-state index in [1.54, 1.807) is 20.0 Å². The zero-order valence-electron chi connectivity index (χ0n) is 16.1. The second-order valence-corrected chi connectivity index (χ2v) is 7.79. The molecule has 2 aliphatic heterocycles. The van der Waals surface area contributed by atoms with E-state index < -0.39 is 11.4 Å². The maximum Gasteiger partial charge on any atom is 0.313 e. The van der Waals surface area contributed by atoms with Gasteiger partial charge in [-0.2, -0.15) is 4.98 Å². The van der Waals surface area contributed by atoms with Crippen molar-refractivity contribution in [3.05, 3.63) is 11.8 Å². The van der Waals surface area contributed by atoms with Crippen LogP contribution >= 0.6 is 0 Å². The zero-order chi connectivity index (χ0) is 18.9. The lowest BCUT2D eigenvalue weighted by Gasteiger charge is -2.33. The number of aromatic nitrogens is 2. The molecule has 8 heteroatoms. The van der Waals surface area contributed by atoms with E-state index in [1.807, 2.05) is 0 Å². The van der Waals surface area contributed by atoms with E-state index in [-0.39, 0.29) is 0 Å². The average Bonchev–Trinajstić information content (AvgIpc) is 3.12. The van der Waals surface area contributed by atoms with Crippen LogP contribution in [0.2, 0.25) is 0 Å². The van der Waals surface area contributed by atoms with Gasteiger partial charge in [0.25, 0.3) is 0 Å². The summed E-state index contributed by atoms with van der Waals surface area (Å²) in [4.78, 5) is 27.7. The lowest BCUT2D eigenvalue weighted by molar-refractivity contribution is -0.142. The van der Waals surface area contributed by atoms with Crippen LogP contribution in [0.25, 0.3) is 0 Å². The Kier molecular flexibility index (Phi) is 5.34. The van der Waals surface area contributed by atoms with Gasteiger partial charge in [-0.15, -0.1) is 0 Å². The Bertz CT molecular complexity index is 658. The Hall–Kier alpha value is -1.93. The standard InChI is InChI=1S/C18H29N5O3/c1-18(2,16(24)25)14-11-19-17(23-6-5-13(12-23)21(3)4)20-15(14)22-7-9-26-10-8-22/h11,13H,5-10,12H2,1-4H3,(H,24,25)/t13-/m0/s1. The number of ether oxygens (including phenoxy) is 1. The summed E-state index contributed by atoms with van der Waals surface area (Å²) >= 11 is 0. The van der Waals surface area contributed by atoms with E-state index in [0.29, 0.717) is 43.9 Å². The van der Waals surface area contributed by atoms with Crippen molar-refractivity contribution in [1.82, 2.24) is 14.9 Å². The van der Waals surface area contributed by atoms with Crippen molar-refractivity contribution in [3.63, 3.8) is 0 Å². The minimum atomic E-state index is -1.05. The highest BCUT2D eigenvalue weighted by atomic mass is 16.5. The molecular weight excluding hydrogens is 334 g/mol. The molecule has 1 atom stereocenters. The summed E-state index contributed by atoms with van der Waals surface area (Å²) in [5, 5.41) is 9.68. The van der Waals surface area contributed by atoms with Crippen LogP contribution < -0.4 is 9.80 Å². The molecule has 8 nitrogen and oxygen atoms in total. The molecule has 2 saturated heterocycles. The van der Waals surface area contributed by atoms with Gasteiger partial charge in [0, 0.05) is 44.0 Å². The van der Waals surface area contributed by atoms with Gasteiger partial charge in [-0.1, -0.05) is 0 Å². The van der Waals surface area contributed by atoms with Crippen LogP contribution in [0.4, 0.5) is 11.8 Å². The van der Waals surface area contributed by atoms with E-state index in [9.17, 15) is 9.90 Å². The summed E-state index contributed by atoms with van der Waals surface area (Å²) < 4.78 is 5.45. The van der Waals surface area contributed by atoms with Crippen LogP contribution in [0.1, 0.15) is 25.8 Å². The van der Waals surface area contributed by atoms with Crippen LogP contribution in [0.3, 0.4) is 0 Å². The summed E-state index contributed by atoms with van der Waals surface area (Å²) in [6, 6.07) is 0.487. The number of nitrogens with zero attached hydrogens (tertiary/aromatic N) is 5. The summed E-state index contributed by atoms with van der Waals surface area (Å²) in [5.74, 6) is 0.525. The molecule has 0 radical (unpaired) electrons. The van der Waals surface area contributed by atoms with Crippen molar-refractivity contribution in [1.29, 1.82) is 0 Å². The summed E-state index contributed by atoms with van der Waals surface area (Å²) in [5.41, 5.74) is -0.400. The van der Waals surface area contributed by atoms with E-state index in [1.165, 1.54) is 0 Å². The van der Waals surface area contributed by atoms with E-state index in [2.05, 4.69) is 33.8 Å². The minimum absolute atomic E-state index is 0.487. The molecule has 2 aliphatic rings. The fourth-order valence-electron chi connectivity index (χ4n) is 3.43. The molecule has 1 aromatic rings. The smallest absolute Gasteiger partial charge is 0.313 e. The SMILES string of the molecule is CN(C)[C@H]1CCN(c2ncc(C(C)(C)C(=O)O)c(N3CCOCC3)n2)C1. The molecule has 3 heterocycles. The van der Waals surface area contributed by atoms with Gasteiger partial charge in [0.15, 0.2) is 0 Å². The maximum absolute atomic E-state index is 11.8. The lowest BCUT2D eigenvalue weighted by atomic mass is 9.85. The van der Waals surface area contributed by atoms with Crippen molar-refractivity contribution in [2.75, 3.05) is 63.3 Å². The van der Waals surface area contributed by atoms with Gasteiger partial charge in [-0.05, 0) is 34.4 Å². The molecule has 3 rings (SSSR count). The van der Waals surface area contributed by atoms with Crippen LogP contribution in [0.15, 0.2) is 6.20 Å². The largest absolute Gasteiger partial charge is 0.481 e. The van der Waals surface area contributed by atoms with E-state index in [4.69, 9.17) is 9.72 Å². The van der Waals surface area contributed by atoms with Crippen molar-refractivity contribution < 1.29 is 14.6 Å². The van der Waals surface area contributed by atoms with Crippen LogP contribution in [-0.4, -0.2) is 85.5 Å². The molecule has 0 unspecified atom stereocenters. The number of likely N-dealkylation sites (N-methyl/N-ethyl adjacent to an activating group) is 1. The predicted octanol–water partition coefficient (Wildman–Crippen LogP) is 0.816. The molecular formula is C18H29N5O3. The number of morpholine rings is 1. The highest BCUT2D eigenvalue weighted by Gasteiger charge is 2.36. The van der Waals surface area contributed by atoms with Gasteiger partial charge >= 0.3 is 5.97 Å². The quantitative estimate of drug-likeness (QED) is 0.823. The second-order valence-electron chi connectivity index (χ2n) is 7.79. The average molecular weight is 363 g/mol. The molecule has 0 saturated carbocycles. The monoisotopic (exact) mass is 363 g/mol. The third kappa shape index (κ3) is 3.61. The van der Waals surface area contributed by atoms with Gasteiger partial charge in [-0.25, -0.2) is 4.98 Å². The molecule has 1 N–H and O–H groups in total. The molecule has 144 valence electrons. The normalized spacial score (nSPS) is 21.5. The molecule has 0 bridgehead atoms. The highest BCUT2D eigenvalue weighted by Crippen LogP contribution is 2.33. The molecule has 2 fully saturated rings. The number of rotatable bonds is 5. The number of carbonyl (C=O) groups is 1. The van der Waals surface area contributed by atoms with Crippen molar-refractivity contribution in [3.8, 4) is 0 Å².